The summed E-state index contributed by atoms with van der Waals surface area (Å²) in [7, 11) is 0. The predicted octanol–water partition coefficient (Wildman–Crippen LogP) is 1.79. The van der Waals surface area contributed by atoms with E-state index < -0.39 is 0 Å². The van der Waals surface area contributed by atoms with Crippen molar-refractivity contribution in [2.75, 3.05) is 5.32 Å². The van der Waals surface area contributed by atoms with E-state index in [0.29, 0.717) is 18.0 Å². The molecular weight excluding hydrogens is 310 g/mol. The van der Waals surface area contributed by atoms with E-state index in [-0.39, 0.29) is 5.69 Å². The summed E-state index contributed by atoms with van der Waals surface area (Å²) in [6.45, 7) is 0.638. The van der Waals surface area contributed by atoms with Crippen LogP contribution >= 0.6 is 15.9 Å². The number of aromatic amines is 1. The first kappa shape index (κ1) is 11.9. The van der Waals surface area contributed by atoms with E-state index in [1.807, 2.05) is 24.3 Å². The molecule has 6 nitrogen and oxygen atoms in total. The molecule has 0 bridgehead atoms. The highest BCUT2D eigenvalue weighted by atomic mass is 79.9. The fraction of sp³-hybridized carbons (Fsp3) is 0.0833. The third kappa shape index (κ3) is 2.37. The van der Waals surface area contributed by atoms with Crippen LogP contribution in [0, 0.1) is 0 Å². The van der Waals surface area contributed by atoms with Crippen LogP contribution in [0.2, 0.25) is 0 Å². The zero-order valence-electron chi connectivity index (χ0n) is 9.80. The van der Waals surface area contributed by atoms with Gasteiger partial charge < -0.3 is 5.32 Å². The first-order valence-corrected chi connectivity index (χ1v) is 6.43. The molecule has 0 unspecified atom stereocenters. The number of nitrogens with zero attached hydrogens (tertiary/aromatic N) is 3. The van der Waals surface area contributed by atoms with Crippen molar-refractivity contribution in [1.82, 2.24) is 19.6 Å². The van der Waals surface area contributed by atoms with Crippen molar-refractivity contribution in [1.29, 1.82) is 0 Å². The zero-order chi connectivity index (χ0) is 13.2. The summed E-state index contributed by atoms with van der Waals surface area (Å²) in [6.07, 6.45) is 1.45. The number of benzene rings is 1. The highest BCUT2D eigenvalue weighted by Gasteiger charge is 2.03. The highest BCUT2D eigenvalue weighted by molar-refractivity contribution is 9.10. The van der Waals surface area contributed by atoms with E-state index in [1.54, 1.807) is 6.07 Å². The Morgan fingerprint density at radius 2 is 2.21 bits per heavy atom. The molecular formula is C12H10BrN5O. The van der Waals surface area contributed by atoms with Gasteiger partial charge in [0.2, 0.25) is 0 Å². The SMILES string of the molecule is O=c1[nH]nc2cc(NCc3ccccc3Br)ncn12. The number of hydrogen-bond donors (Lipinski definition) is 2. The molecule has 3 aromatic rings. The summed E-state index contributed by atoms with van der Waals surface area (Å²) in [4.78, 5) is 15.5. The van der Waals surface area contributed by atoms with Crippen LogP contribution in [0.25, 0.3) is 5.65 Å². The average molecular weight is 320 g/mol. The van der Waals surface area contributed by atoms with Crippen molar-refractivity contribution in [3.8, 4) is 0 Å². The van der Waals surface area contributed by atoms with Gasteiger partial charge in [-0.15, -0.1) is 0 Å². The standard InChI is InChI=1S/C12H10BrN5O/c13-9-4-2-1-3-8(9)6-14-10-5-11-16-17-12(19)18(11)7-15-10/h1-5,7,14H,6H2,(H,17,19). The van der Waals surface area contributed by atoms with E-state index in [4.69, 9.17) is 0 Å². The van der Waals surface area contributed by atoms with Gasteiger partial charge in [0.05, 0.1) is 0 Å². The van der Waals surface area contributed by atoms with Gasteiger partial charge in [0.25, 0.3) is 0 Å². The van der Waals surface area contributed by atoms with Crippen molar-refractivity contribution >= 4 is 27.4 Å². The summed E-state index contributed by atoms with van der Waals surface area (Å²) in [5, 5.41) is 9.45. The van der Waals surface area contributed by atoms with Crippen molar-refractivity contribution in [3.05, 3.63) is 57.2 Å². The lowest BCUT2D eigenvalue weighted by Crippen LogP contribution is -2.10. The van der Waals surface area contributed by atoms with Crippen molar-refractivity contribution in [2.24, 2.45) is 0 Å². The van der Waals surface area contributed by atoms with Gasteiger partial charge in [0.1, 0.15) is 12.1 Å². The second-order valence-corrected chi connectivity index (χ2v) is 4.83. The smallest absolute Gasteiger partial charge is 0.348 e. The molecule has 3 rings (SSSR count). The van der Waals surface area contributed by atoms with E-state index in [1.165, 1.54) is 10.7 Å². The maximum Gasteiger partial charge on any atom is 0.348 e. The van der Waals surface area contributed by atoms with Crippen LogP contribution in [0.1, 0.15) is 5.56 Å². The maximum atomic E-state index is 11.3. The van der Waals surface area contributed by atoms with Crippen LogP contribution in [0.5, 0.6) is 0 Å². The second-order valence-electron chi connectivity index (χ2n) is 3.98. The van der Waals surface area contributed by atoms with Crippen LogP contribution in [0.4, 0.5) is 5.82 Å². The fourth-order valence-electron chi connectivity index (χ4n) is 1.73. The molecule has 0 aliphatic rings. The Morgan fingerprint density at radius 1 is 1.37 bits per heavy atom. The number of rotatable bonds is 3. The maximum absolute atomic E-state index is 11.3. The molecule has 0 aliphatic heterocycles. The minimum atomic E-state index is -0.292. The van der Waals surface area contributed by atoms with Gasteiger partial charge in [-0.3, -0.25) is 0 Å². The molecule has 0 radical (unpaired) electrons. The largest absolute Gasteiger partial charge is 0.366 e. The van der Waals surface area contributed by atoms with Gasteiger partial charge in [-0.05, 0) is 11.6 Å². The van der Waals surface area contributed by atoms with Crippen LogP contribution in [-0.2, 0) is 6.54 Å². The number of halogens is 1. The van der Waals surface area contributed by atoms with Crippen molar-refractivity contribution in [3.63, 3.8) is 0 Å². The molecule has 19 heavy (non-hydrogen) atoms. The van der Waals surface area contributed by atoms with Crippen LogP contribution in [0.15, 0.2) is 45.9 Å². The normalized spacial score (nSPS) is 10.8. The number of H-pyrrole nitrogens is 1. The van der Waals surface area contributed by atoms with Gasteiger partial charge in [-0.1, -0.05) is 34.1 Å². The lowest BCUT2D eigenvalue weighted by Gasteiger charge is -2.07. The Morgan fingerprint density at radius 3 is 3.05 bits per heavy atom. The lowest BCUT2D eigenvalue weighted by molar-refractivity contribution is 0.990. The third-order valence-electron chi connectivity index (χ3n) is 2.73. The Kier molecular flexibility index (Phi) is 3.04. The van der Waals surface area contributed by atoms with Gasteiger partial charge in [0.15, 0.2) is 5.65 Å². The summed E-state index contributed by atoms with van der Waals surface area (Å²) in [6, 6.07) is 9.67. The van der Waals surface area contributed by atoms with E-state index in [0.717, 1.165) is 10.0 Å². The number of nitrogens with one attached hydrogen (secondary N) is 2. The molecule has 0 aliphatic carbocycles. The summed E-state index contributed by atoms with van der Waals surface area (Å²) < 4.78 is 2.39. The first-order valence-electron chi connectivity index (χ1n) is 5.64. The zero-order valence-corrected chi connectivity index (χ0v) is 11.4. The molecule has 0 atom stereocenters. The molecule has 2 aromatic heterocycles. The molecule has 7 heteroatoms. The molecule has 0 saturated heterocycles. The summed E-state index contributed by atoms with van der Waals surface area (Å²) in [5.74, 6) is 0.669. The van der Waals surface area contributed by atoms with Crippen LogP contribution < -0.4 is 11.0 Å². The van der Waals surface area contributed by atoms with Crippen molar-refractivity contribution in [2.45, 2.75) is 6.54 Å². The third-order valence-corrected chi connectivity index (χ3v) is 3.50. The number of aromatic nitrogens is 4. The lowest BCUT2D eigenvalue weighted by atomic mass is 10.2. The Balaban J connectivity index is 1.82. The topological polar surface area (TPSA) is 75.1 Å². The van der Waals surface area contributed by atoms with E-state index in [2.05, 4.69) is 36.4 Å². The molecule has 0 spiro atoms. The number of anilines is 1. The first-order chi connectivity index (χ1) is 9.24. The molecule has 0 saturated carbocycles. The molecule has 2 heterocycles. The highest BCUT2D eigenvalue weighted by Crippen LogP contribution is 2.17. The molecule has 0 fully saturated rings. The number of hydrogen-bond acceptors (Lipinski definition) is 4. The van der Waals surface area contributed by atoms with Crippen LogP contribution in [-0.4, -0.2) is 19.6 Å². The second kappa shape index (κ2) is 4.85. The number of fused-ring (bicyclic) bond motifs is 1. The molecule has 1 aromatic carbocycles. The monoisotopic (exact) mass is 319 g/mol. The van der Waals surface area contributed by atoms with E-state index in [9.17, 15) is 4.79 Å². The quantitative estimate of drug-likeness (QED) is 0.771. The Bertz CT molecular complexity index is 779. The van der Waals surface area contributed by atoms with Crippen LogP contribution in [0.3, 0.4) is 0 Å². The predicted molar refractivity (Wildman–Crippen MR) is 75.1 cm³/mol. The Labute approximate surface area is 116 Å². The Hall–Kier alpha value is -2.15. The molecule has 0 amide bonds. The molecule has 96 valence electrons. The van der Waals surface area contributed by atoms with Crippen molar-refractivity contribution < 1.29 is 0 Å². The fourth-order valence-corrected chi connectivity index (χ4v) is 2.16. The van der Waals surface area contributed by atoms with Gasteiger partial charge >= 0.3 is 5.69 Å². The van der Waals surface area contributed by atoms with Gasteiger partial charge in [-0.2, -0.15) is 5.10 Å². The molecule has 2 N–H and O–H groups in total. The van der Waals surface area contributed by atoms with Gasteiger partial charge in [0, 0.05) is 17.1 Å². The minimum absolute atomic E-state index is 0.292. The summed E-state index contributed by atoms with van der Waals surface area (Å²) in [5.41, 5.74) is 1.37. The van der Waals surface area contributed by atoms with Gasteiger partial charge in [-0.25, -0.2) is 19.3 Å². The average Bonchev–Trinajstić information content (AvgIpc) is 2.79. The minimum Gasteiger partial charge on any atom is -0.366 e. The summed E-state index contributed by atoms with van der Waals surface area (Å²) >= 11 is 3.49. The van der Waals surface area contributed by atoms with E-state index >= 15 is 0 Å².